The Bertz CT molecular complexity index is 562. The summed E-state index contributed by atoms with van der Waals surface area (Å²) in [6.45, 7) is 1.01. The number of benzene rings is 2. The van der Waals surface area contributed by atoms with Crippen LogP contribution in [0.25, 0.3) is 0 Å². The normalized spacial score (nSPS) is 12.3. The summed E-state index contributed by atoms with van der Waals surface area (Å²) >= 11 is 3.43. The Kier molecular flexibility index (Phi) is 5.71. The van der Waals surface area contributed by atoms with Gasteiger partial charge in [0.15, 0.2) is 0 Å². The minimum absolute atomic E-state index is 0.234. The summed E-state index contributed by atoms with van der Waals surface area (Å²) in [7, 11) is 1.83. The fourth-order valence-electron chi connectivity index (χ4n) is 2.00. The topological polar surface area (TPSA) is 21.3 Å². The molecule has 106 valence electrons. The third kappa shape index (κ3) is 4.13. The Morgan fingerprint density at radius 1 is 1.20 bits per heavy atom. The summed E-state index contributed by atoms with van der Waals surface area (Å²) in [5.41, 5.74) is 1.63. The highest BCUT2D eigenvalue weighted by atomic mass is 79.9. The van der Waals surface area contributed by atoms with E-state index in [0.29, 0.717) is 18.7 Å². The summed E-state index contributed by atoms with van der Waals surface area (Å²) in [6, 6.07) is 14.6. The van der Waals surface area contributed by atoms with E-state index in [4.69, 9.17) is 4.74 Å². The van der Waals surface area contributed by atoms with Crippen LogP contribution in [-0.4, -0.2) is 13.6 Å². The SMILES string of the molecule is CNCC(OCc1cccc(Br)c1)c1ccccc1F. The molecule has 0 aromatic heterocycles. The first-order valence-electron chi connectivity index (χ1n) is 6.46. The van der Waals surface area contributed by atoms with Crippen LogP contribution in [0, 0.1) is 5.82 Å². The van der Waals surface area contributed by atoms with Crippen molar-refractivity contribution in [1.82, 2.24) is 5.32 Å². The van der Waals surface area contributed by atoms with E-state index < -0.39 is 0 Å². The second-order valence-electron chi connectivity index (χ2n) is 4.51. The lowest BCUT2D eigenvalue weighted by molar-refractivity contribution is 0.0387. The highest BCUT2D eigenvalue weighted by molar-refractivity contribution is 9.10. The first-order chi connectivity index (χ1) is 9.70. The van der Waals surface area contributed by atoms with Crippen LogP contribution < -0.4 is 5.32 Å². The Morgan fingerprint density at radius 2 is 2.00 bits per heavy atom. The summed E-state index contributed by atoms with van der Waals surface area (Å²) in [4.78, 5) is 0. The van der Waals surface area contributed by atoms with Gasteiger partial charge in [0, 0.05) is 16.6 Å². The molecule has 0 aliphatic carbocycles. The molecular weight excluding hydrogens is 321 g/mol. The fourth-order valence-corrected chi connectivity index (χ4v) is 2.45. The van der Waals surface area contributed by atoms with E-state index in [1.165, 1.54) is 6.07 Å². The quantitative estimate of drug-likeness (QED) is 0.857. The Balaban J connectivity index is 2.08. The average Bonchev–Trinajstić information content (AvgIpc) is 2.44. The minimum atomic E-state index is -0.305. The Hall–Kier alpha value is -1.23. The van der Waals surface area contributed by atoms with Gasteiger partial charge in [-0.15, -0.1) is 0 Å². The van der Waals surface area contributed by atoms with E-state index in [9.17, 15) is 4.39 Å². The molecule has 20 heavy (non-hydrogen) atoms. The van der Waals surface area contributed by atoms with Crippen LogP contribution in [-0.2, 0) is 11.3 Å². The van der Waals surface area contributed by atoms with Crippen molar-refractivity contribution in [2.45, 2.75) is 12.7 Å². The second kappa shape index (κ2) is 7.53. The lowest BCUT2D eigenvalue weighted by Gasteiger charge is -2.18. The lowest BCUT2D eigenvalue weighted by Crippen LogP contribution is -2.20. The Labute approximate surface area is 127 Å². The molecule has 2 rings (SSSR count). The molecule has 0 radical (unpaired) electrons. The molecule has 0 aliphatic heterocycles. The smallest absolute Gasteiger partial charge is 0.129 e. The second-order valence-corrected chi connectivity index (χ2v) is 5.42. The summed E-state index contributed by atoms with van der Waals surface area (Å²) < 4.78 is 20.7. The van der Waals surface area contributed by atoms with Crippen molar-refractivity contribution >= 4 is 15.9 Å². The highest BCUT2D eigenvalue weighted by Crippen LogP contribution is 2.22. The van der Waals surface area contributed by atoms with Crippen LogP contribution in [0.15, 0.2) is 53.0 Å². The number of ether oxygens (including phenoxy) is 1. The van der Waals surface area contributed by atoms with E-state index >= 15 is 0 Å². The van der Waals surface area contributed by atoms with Gasteiger partial charge in [-0.1, -0.05) is 46.3 Å². The standard InChI is InChI=1S/C16H17BrFNO/c1-19-10-16(14-7-2-3-8-15(14)18)20-11-12-5-4-6-13(17)9-12/h2-9,16,19H,10-11H2,1H3. The predicted octanol–water partition coefficient (Wildman–Crippen LogP) is 4.07. The van der Waals surface area contributed by atoms with Gasteiger partial charge in [-0.05, 0) is 30.8 Å². The summed E-state index contributed by atoms with van der Waals surface area (Å²) in [6.07, 6.45) is -0.305. The maximum Gasteiger partial charge on any atom is 0.129 e. The van der Waals surface area contributed by atoms with Crippen molar-refractivity contribution < 1.29 is 9.13 Å². The molecule has 0 amide bonds. The highest BCUT2D eigenvalue weighted by Gasteiger charge is 2.15. The first-order valence-corrected chi connectivity index (χ1v) is 7.25. The van der Waals surface area contributed by atoms with Crippen molar-refractivity contribution in [3.63, 3.8) is 0 Å². The van der Waals surface area contributed by atoms with Gasteiger partial charge in [0.2, 0.25) is 0 Å². The zero-order chi connectivity index (χ0) is 14.4. The zero-order valence-electron chi connectivity index (χ0n) is 11.3. The largest absolute Gasteiger partial charge is 0.367 e. The van der Waals surface area contributed by atoms with Gasteiger partial charge in [-0.25, -0.2) is 4.39 Å². The third-order valence-electron chi connectivity index (χ3n) is 2.98. The molecule has 2 aromatic rings. The molecule has 1 unspecified atom stereocenters. The van der Waals surface area contributed by atoms with Crippen molar-refractivity contribution in [3.05, 3.63) is 69.9 Å². The van der Waals surface area contributed by atoms with Crippen LogP contribution in [0.2, 0.25) is 0 Å². The number of rotatable bonds is 6. The van der Waals surface area contributed by atoms with Gasteiger partial charge in [0.05, 0.1) is 12.7 Å². The molecule has 0 heterocycles. The van der Waals surface area contributed by atoms with Gasteiger partial charge in [0.25, 0.3) is 0 Å². The summed E-state index contributed by atoms with van der Waals surface area (Å²) in [5.74, 6) is -0.234. The van der Waals surface area contributed by atoms with Crippen LogP contribution in [0.4, 0.5) is 4.39 Å². The number of hydrogen-bond donors (Lipinski definition) is 1. The first kappa shape index (κ1) is 15.2. The van der Waals surface area contributed by atoms with Gasteiger partial charge in [-0.2, -0.15) is 0 Å². The molecule has 0 aliphatic rings. The van der Waals surface area contributed by atoms with Gasteiger partial charge < -0.3 is 10.1 Å². The molecule has 0 bridgehead atoms. The Morgan fingerprint density at radius 3 is 2.70 bits per heavy atom. The zero-order valence-corrected chi connectivity index (χ0v) is 12.9. The van der Waals surface area contributed by atoms with Crippen molar-refractivity contribution in [2.75, 3.05) is 13.6 Å². The van der Waals surface area contributed by atoms with E-state index in [1.807, 2.05) is 37.4 Å². The van der Waals surface area contributed by atoms with Crippen molar-refractivity contribution in [1.29, 1.82) is 0 Å². The molecule has 2 aromatic carbocycles. The van der Waals surface area contributed by atoms with E-state index in [-0.39, 0.29) is 11.9 Å². The molecule has 0 spiro atoms. The van der Waals surface area contributed by atoms with Crippen molar-refractivity contribution in [2.24, 2.45) is 0 Å². The average molecular weight is 338 g/mol. The maximum absolute atomic E-state index is 13.8. The minimum Gasteiger partial charge on any atom is -0.367 e. The van der Waals surface area contributed by atoms with Crippen LogP contribution in [0.5, 0.6) is 0 Å². The lowest BCUT2D eigenvalue weighted by atomic mass is 10.1. The third-order valence-corrected chi connectivity index (χ3v) is 3.48. The van der Waals surface area contributed by atoms with Gasteiger partial charge >= 0.3 is 0 Å². The molecule has 4 heteroatoms. The predicted molar refractivity (Wildman–Crippen MR) is 82.0 cm³/mol. The van der Waals surface area contributed by atoms with E-state index in [2.05, 4.69) is 21.2 Å². The van der Waals surface area contributed by atoms with Gasteiger partial charge in [-0.3, -0.25) is 0 Å². The van der Waals surface area contributed by atoms with Crippen LogP contribution in [0.3, 0.4) is 0 Å². The van der Waals surface area contributed by atoms with E-state index in [1.54, 1.807) is 12.1 Å². The number of hydrogen-bond acceptors (Lipinski definition) is 2. The number of halogens is 2. The van der Waals surface area contributed by atoms with Crippen LogP contribution in [0.1, 0.15) is 17.2 Å². The molecule has 0 fully saturated rings. The molecule has 0 saturated heterocycles. The molecule has 2 nitrogen and oxygen atoms in total. The van der Waals surface area contributed by atoms with Crippen molar-refractivity contribution in [3.8, 4) is 0 Å². The molecule has 1 N–H and O–H groups in total. The monoisotopic (exact) mass is 337 g/mol. The molecule has 1 atom stereocenters. The van der Waals surface area contributed by atoms with Gasteiger partial charge in [0.1, 0.15) is 5.82 Å². The number of nitrogens with one attached hydrogen (secondary N) is 1. The summed E-state index contributed by atoms with van der Waals surface area (Å²) in [5, 5.41) is 3.04. The maximum atomic E-state index is 13.8. The molecular formula is C16H17BrFNO. The number of likely N-dealkylation sites (N-methyl/N-ethyl adjacent to an activating group) is 1. The van der Waals surface area contributed by atoms with E-state index in [0.717, 1.165) is 10.0 Å². The molecule has 0 saturated carbocycles. The fraction of sp³-hybridized carbons (Fsp3) is 0.250. The van der Waals surface area contributed by atoms with Crippen LogP contribution >= 0.6 is 15.9 Å².